The summed E-state index contributed by atoms with van der Waals surface area (Å²) in [6.45, 7) is 0.0286. The van der Waals surface area contributed by atoms with Gasteiger partial charge in [-0.05, 0) is 42.7 Å². The maximum atomic E-state index is 14.7. The number of amides is 3. The summed E-state index contributed by atoms with van der Waals surface area (Å²) in [5, 5.41) is 12.7. The number of nitrogens with zero attached hydrogens (tertiary/aromatic N) is 2. The number of anilines is 1. The molecule has 11 nitrogen and oxygen atoms in total. The van der Waals surface area contributed by atoms with Gasteiger partial charge in [0, 0.05) is 31.8 Å². The number of methoxy groups -OCH3 is 1. The van der Waals surface area contributed by atoms with Gasteiger partial charge in [-0.1, -0.05) is 54.6 Å². The van der Waals surface area contributed by atoms with Crippen molar-refractivity contribution in [2.24, 2.45) is 11.8 Å². The molecule has 11 heteroatoms. The van der Waals surface area contributed by atoms with E-state index in [1.807, 2.05) is 36.4 Å². The fraction of sp³-hybridized carbons (Fsp3) is 0.412. The molecule has 4 aliphatic heterocycles. The quantitative estimate of drug-likeness (QED) is 0.374. The molecule has 0 aliphatic carbocycles. The lowest BCUT2D eigenvalue weighted by atomic mass is 9.74. The Morgan fingerprint density at radius 3 is 2.53 bits per heavy atom. The Labute approximate surface area is 261 Å². The predicted molar refractivity (Wildman–Crippen MR) is 163 cm³/mol. The third-order valence-corrected chi connectivity index (χ3v) is 9.02. The van der Waals surface area contributed by atoms with Crippen molar-refractivity contribution in [2.75, 3.05) is 38.3 Å². The average molecular weight is 616 g/mol. The average Bonchev–Trinajstić information content (AvgIpc) is 3.70. The molecule has 0 aromatic heterocycles. The van der Waals surface area contributed by atoms with E-state index in [-0.39, 0.29) is 51.0 Å². The first-order valence-corrected chi connectivity index (χ1v) is 15.3. The highest BCUT2D eigenvalue weighted by molar-refractivity contribution is 6.05. The van der Waals surface area contributed by atoms with Gasteiger partial charge in [0.1, 0.15) is 24.0 Å². The van der Waals surface area contributed by atoms with Gasteiger partial charge in [-0.15, -0.1) is 0 Å². The second-order valence-corrected chi connectivity index (χ2v) is 11.6. The van der Waals surface area contributed by atoms with Gasteiger partial charge in [-0.2, -0.15) is 0 Å². The van der Waals surface area contributed by atoms with Crippen molar-refractivity contribution in [3.63, 3.8) is 0 Å². The van der Waals surface area contributed by atoms with Crippen LogP contribution in [0, 0.1) is 11.8 Å². The second kappa shape index (κ2) is 12.9. The van der Waals surface area contributed by atoms with Crippen LogP contribution in [0.5, 0.6) is 5.75 Å². The molecule has 4 aliphatic rings. The molecule has 2 N–H and O–H groups in total. The van der Waals surface area contributed by atoms with E-state index < -0.39 is 47.5 Å². The molecule has 2 saturated heterocycles. The molecule has 0 saturated carbocycles. The smallest absolute Gasteiger partial charge is 0.306 e. The summed E-state index contributed by atoms with van der Waals surface area (Å²) in [6.07, 6.45) is 7.19. The highest BCUT2D eigenvalue weighted by atomic mass is 16.5. The number of benzene rings is 2. The summed E-state index contributed by atoms with van der Waals surface area (Å²) in [5.74, 6) is -2.84. The van der Waals surface area contributed by atoms with E-state index in [9.17, 15) is 24.3 Å². The third-order valence-electron chi connectivity index (χ3n) is 9.02. The van der Waals surface area contributed by atoms with Crippen LogP contribution in [0.4, 0.5) is 5.69 Å². The van der Waals surface area contributed by atoms with Gasteiger partial charge in [0.25, 0.3) is 5.91 Å². The Hall–Kier alpha value is -4.48. The SMILES string of the molecule is COc1ccc(N2C/C=C\CCC(=O)OC[C@H](c3ccccc3)NC(=O)[C@@H]3[C@H]4C(=O)N(CCCO)[C@H](C2=O)[C@]42C=C[C@H]3O2)cc1. The van der Waals surface area contributed by atoms with Gasteiger partial charge < -0.3 is 34.4 Å². The van der Waals surface area contributed by atoms with Crippen molar-refractivity contribution >= 4 is 29.4 Å². The number of cyclic esters (lactones) is 1. The first-order valence-electron chi connectivity index (χ1n) is 15.3. The molecule has 6 atom stereocenters. The Morgan fingerprint density at radius 2 is 1.80 bits per heavy atom. The number of fused-ring (bicyclic) bond motifs is 2. The fourth-order valence-corrected chi connectivity index (χ4v) is 6.88. The van der Waals surface area contributed by atoms with Crippen LogP contribution < -0.4 is 15.0 Å². The number of carbonyl (C=O) groups is 4. The van der Waals surface area contributed by atoms with Gasteiger partial charge in [0.05, 0.1) is 31.1 Å². The fourth-order valence-electron chi connectivity index (χ4n) is 6.88. The highest BCUT2D eigenvalue weighted by Crippen LogP contribution is 2.55. The lowest BCUT2D eigenvalue weighted by molar-refractivity contribution is -0.145. The van der Waals surface area contributed by atoms with Crippen LogP contribution in [-0.2, 0) is 28.7 Å². The van der Waals surface area contributed by atoms with Crippen LogP contribution >= 0.6 is 0 Å². The molecule has 3 amide bonds. The lowest BCUT2D eigenvalue weighted by Gasteiger charge is -2.36. The molecule has 45 heavy (non-hydrogen) atoms. The van der Waals surface area contributed by atoms with Crippen LogP contribution in [0.15, 0.2) is 78.9 Å². The summed E-state index contributed by atoms with van der Waals surface area (Å²) < 4.78 is 17.4. The summed E-state index contributed by atoms with van der Waals surface area (Å²) >= 11 is 0. The maximum absolute atomic E-state index is 14.7. The normalized spacial score (nSPS) is 30.7. The summed E-state index contributed by atoms with van der Waals surface area (Å²) in [5.41, 5.74) is -0.0436. The molecule has 2 aromatic rings. The van der Waals surface area contributed by atoms with Gasteiger partial charge in [0.15, 0.2) is 0 Å². The first kappa shape index (κ1) is 30.5. The summed E-state index contributed by atoms with van der Waals surface area (Å²) in [6, 6.07) is 14.5. The molecule has 236 valence electrons. The predicted octanol–water partition coefficient (Wildman–Crippen LogP) is 2.31. The van der Waals surface area contributed by atoms with Crippen molar-refractivity contribution in [1.82, 2.24) is 10.2 Å². The minimum absolute atomic E-state index is 0.0783. The Morgan fingerprint density at radius 1 is 1.02 bits per heavy atom. The van der Waals surface area contributed by atoms with E-state index in [1.54, 1.807) is 54.5 Å². The van der Waals surface area contributed by atoms with Crippen LogP contribution in [0.25, 0.3) is 0 Å². The van der Waals surface area contributed by atoms with E-state index in [0.717, 1.165) is 5.56 Å². The number of carbonyl (C=O) groups excluding carboxylic acids is 4. The zero-order valence-corrected chi connectivity index (χ0v) is 25.0. The molecule has 4 heterocycles. The third kappa shape index (κ3) is 5.62. The van der Waals surface area contributed by atoms with Gasteiger partial charge in [0.2, 0.25) is 11.8 Å². The van der Waals surface area contributed by atoms with E-state index >= 15 is 0 Å². The molecule has 0 unspecified atom stereocenters. The molecule has 6 rings (SSSR count). The zero-order valence-electron chi connectivity index (χ0n) is 25.0. The molecule has 2 aromatic carbocycles. The molecular weight excluding hydrogens is 578 g/mol. The molecule has 5 bridgehead atoms. The van der Waals surface area contributed by atoms with E-state index in [2.05, 4.69) is 5.32 Å². The maximum Gasteiger partial charge on any atom is 0.306 e. The van der Waals surface area contributed by atoms with Crippen molar-refractivity contribution in [3.05, 3.63) is 84.5 Å². The number of ether oxygens (including phenoxy) is 3. The molecule has 1 spiro atoms. The zero-order chi connectivity index (χ0) is 31.6. The van der Waals surface area contributed by atoms with Crippen LogP contribution in [-0.4, -0.2) is 84.9 Å². The van der Waals surface area contributed by atoms with E-state index in [1.165, 1.54) is 4.90 Å². The second-order valence-electron chi connectivity index (χ2n) is 11.6. The van der Waals surface area contributed by atoms with Gasteiger partial charge in [-0.3, -0.25) is 19.2 Å². The van der Waals surface area contributed by atoms with Crippen LogP contribution in [0.1, 0.15) is 30.9 Å². The molecular formula is C34H37N3O8. The Balaban J connectivity index is 1.42. The highest BCUT2D eigenvalue weighted by Gasteiger charge is 2.73. The number of aliphatic hydroxyl groups excluding tert-OH is 1. The topological polar surface area (TPSA) is 135 Å². The minimum Gasteiger partial charge on any atom is -0.497 e. The monoisotopic (exact) mass is 615 g/mol. The van der Waals surface area contributed by atoms with Crippen molar-refractivity contribution in [2.45, 2.75) is 43.1 Å². The summed E-state index contributed by atoms with van der Waals surface area (Å²) in [4.78, 5) is 58.6. The van der Waals surface area contributed by atoms with Crippen molar-refractivity contribution in [3.8, 4) is 5.75 Å². The lowest BCUT2D eigenvalue weighted by Crippen LogP contribution is -2.56. The molecule has 2 fully saturated rings. The van der Waals surface area contributed by atoms with Crippen molar-refractivity contribution in [1.29, 1.82) is 0 Å². The number of aliphatic hydroxyl groups is 1. The van der Waals surface area contributed by atoms with Crippen molar-refractivity contribution < 1.29 is 38.5 Å². The minimum atomic E-state index is -1.37. The van der Waals surface area contributed by atoms with Gasteiger partial charge in [-0.25, -0.2) is 0 Å². The Kier molecular flexibility index (Phi) is 8.73. The number of esters is 1. The van der Waals surface area contributed by atoms with E-state index in [4.69, 9.17) is 14.2 Å². The number of likely N-dealkylation sites (tertiary alicyclic amines) is 1. The molecule has 0 radical (unpaired) electrons. The number of allylic oxidation sites excluding steroid dienone is 1. The largest absolute Gasteiger partial charge is 0.497 e. The van der Waals surface area contributed by atoms with Crippen LogP contribution in [0.2, 0.25) is 0 Å². The van der Waals surface area contributed by atoms with E-state index in [0.29, 0.717) is 17.9 Å². The first-order chi connectivity index (χ1) is 21.9. The summed E-state index contributed by atoms with van der Waals surface area (Å²) in [7, 11) is 1.56. The number of hydrogen-bond acceptors (Lipinski definition) is 8. The number of nitrogens with one attached hydrogen (secondary N) is 1. The number of rotatable bonds is 6. The number of hydrogen-bond donors (Lipinski definition) is 2. The van der Waals surface area contributed by atoms with Gasteiger partial charge >= 0.3 is 5.97 Å². The standard InChI is InChI=1S/C34H37N3O8/c1-43-24-14-12-23(13-15-24)36-18-7-3-6-11-27(39)44-21-25(22-9-4-2-5-10-22)35-31(40)28-26-16-17-34(45-26)29(28)32(41)37(19-8-20-38)30(34)33(36)42/h2-5,7,9-10,12-17,25-26,28-30,38H,6,8,11,18-21H2,1H3,(H,35,40)/b7-3-/t25-,26-,28+,29+,30-,34+/m1/s1. The Bertz CT molecular complexity index is 1490. The van der Waals surface area contributed by atoms with Crippen LogP contribution in [0.3, 0.4) is 0 Å².